The average Bonchev–Trinajstić information content (AvgIpc) is 3.01. The quantitative estimate of drug-likeness (QED) is 0.772. The Morgan fingerprint density at radius 1 is 1.14 bits per heavy atom. The van der Waals surface area contributed by atoms with Crippen LogP contribution in [0.3, 0.4) is 0 Å². The number of rotatable bonds is 0. The van der Waals surface area contributed by atoms with Crippen LogP contribution in [0.15, 0.2) is 36.4 Å². The minimum Gasteiger partial charge on any atom is -0.492 e. The van der Waals surface area contributed by atoms with Crippen LogP contribution in [0.25, 0.3) is 0 Å². The second-order valence-corrected chi connectivity index (χ2v) is 6.00. The number of fused-ring (bicyclic) bond motifs is 4. The number of anilines is 1. The first-order chi connectivity index (χ1) is 10.4. The van der Waals surface area contributed by atoms with E-state index in [0.29, 0.717) is 18.7 Å². The molecular weight excluding hydrogens is 315 g/mol. The van der Waals surface area contributed by atoms with Crippen molar-refractivity contribution in [1.82, 2.24) is 0 Å². The van der Waals surface area contributed by atoms with Crippen molar-refractivity contribution >= 4 is 17.3 Å². The zero-order chi connectivity index (χ0) is 15.5. The number of alkyl halides is 3. The Bertz CT molecular complexity index is 774. The minimum atomic E-state index is -4.49. The SMILES string of the molecule is FC(F)(F)c1cc2c(cc1Cl)C1(CNc3ccccc31)CO2. The van der Waals surface area contributed by atoms with Crippen molar-refractivity contribution in [3.63, 3.8) is 0 Å². The van der Waals surface area contributed by atoms with Crippen LogP contribution in [0.4, 0.5) is 18.9 Å². The molecule has 1 spiro atoms. The van der Waals surface area contributed by atoms with Crippen molar-refractivity contribution in [2.75, 3.05) is 18.5 Å². The fourth-order valence-electron chi connectivity index (χ4n) is 3.31. The predicted molar refractivity (Wildman–Crippen MR) is 77.7 cm³/mol. The number of para-hydroxylation sites is 1. The molecule has 22 heavy (non-hydrogen) atoms. The molecule has 0 aromatic heterocycles. The lowest BCUT2D eigenvalue weighted by Crippen LogP contribution is -2.31. The van der Waals surface area contributed by atoms with Crippen LogP contribution in [0.1, 0.15) is 16.7 Å². The molecule has 2 nitrogen and oxygen atoms in total. The number of hydrogen-bond acceptors (Lipinski definition) is 2. The molecule has 0 saturated heterocycles. The van der Waals surface area contributed by atoms with E-state index in [1.165, 1.54) is 6.07 Å². The van der Waals surface area contributed by atoms with Gasteiger partial charge in [0.1, 0.15) is 12.4 Å². The Morgan fingerprint density at radius 3 is 2.68 bits per heavy atom. The summed E-state index contributed by atoms with van der Waals surface area (Å²) in [5.41, 5.74) is 1.39. The summed E-state index contributed by atoms with van der Waals surface area (Å²) in [7, 11) is 0. The molecule has 1 N–H and O–H groups in total. The lowest BCUT2D eigenvalue weighted by Gasteiger charge is -2.22. The summed E-state index contributed by atoms with van der Waals surface area (Å²) in [6, 6.07) is 10.2. The first kappa shape index (κ1) is 13.8. The van der Waals surface area contributed by atoms with Crippen LogP contribution in [0, 0.1) is 0 Å². The smallest absolute Gasteiger partial charge is 0.417 e. The van der Waals surface area contributed by atoms with E-state index in [1.807, 2.05) is 24.3 Å². The normalized spacial score (nSPS) is 22.2. The molecule has 0 amide bonds. The van der Waals surface area contributed by atoms with E-state index in [-0.39, 0.29) is 10.8 Å². The Morgan fingerprint density at radius 2 is 1.91 bits per heavy atom. The molecule has 0 saturated carbocycles. The molecule has 2 aromatic carbocycles. The van der Waals surface area contributed by atoms with Crippen LogP contribution in [-0.2, 0) is 11.6 Å². The summed E-state index contributed by atoms with van der Waals surface area (Å²) < 4.78 is 44.5. The summed E-state index contributed by atoms with van der Waals surface area (Å²) in [4.78, 5) is 0. The Labute approximate surface area is 129 Å². The summed E-state index contributed by atoms with van der Waals surface area (Å²) in [6.45, 7) is 0.894. The highest BCUT2D eigenvalue weighted by atomic mass is 35.5. The molecule has 0 aliphatic carbocycles. The van der Waals surface area contributed by atoms with Crippen molar-refractivity contribution in [2.24, 2.45) is 0 Å². The molecule has 0 bridgehead atoms. The maximum atomic E-state index is 13.0. The summed E-state index contributed by atoms with van der Waals surface area (Å²) >= 11 is 5.89. The minimum absolute atomic E-state index is 0.259. The molecule has 2 aliphatic heterocycles. The van der Waals surface area contributed by atoms with Crippen molar-refractivity contribution in [3.05, 3.63) is 58.1 Å². The fraction of sp³-hybridized carbons (Fsp3) is 0.250. The first-order valence-electron chi connectivity index (χ1n) is 6.79. The third-order valence-electron chi connectivity index (χ3n) is 4.39. The van der Waals surface area contributed by atoms with E-state index in [0.717, 1.165) is 17.3 Å². The zero-order valence-electron chi connectivity index (χ0n) is 11.3. The summed E-state index contributed by atoms with van der Waals surface area (Å²) in [5, 5.41) is 3.00. The highest BCUT2D eigenvalue weighted by Gasteiger charge is 2.48. The van der Waals surface area contributed by atoms with Gasteiger partial charge in [0.2, 0.25) is 0 Å². The average molecular weight is 326 g/mol. The van der Waals surface area contributed by atoms with E-state index in [4.69, 9.17) is 16.3 Å². The zero-order valence-corrected chi connectivity index (χ0v) is 12.1. The van der Waals surface area contributed by atoms with Crippen molar-refractivity contribution in [3.8, 4) is 5.75 Å². The Balaban J connectivity index is 1.90. The van der Waals surface area contributed by atoms with E-state index in [9.17, 15) is 13.2 Å². The van der Waals surface area contributed by atoms with Gasteiger partial charge in [0, 0.05) is 17.8 Å². The number of hydrogen-bond donors (Lipinski definition) is 1. The molecule has 0 radical (unpaired) electrons. The van der Waals surface area contributed by atoms with Gasteiger partial charge in [-0.25, -0.2) is 0 Å². The van der Waals surface area contributed by atoms with Gasteiger partial charge >= 0.3 is 6.18 Å². The number of benzene rings is 2. The fourth-order valence-corrected chi connectivity index (χ4v) is 3.58. The molecule has 2 aromatic rings. The van der Waals surface area contributed by atoms with Crippen LogP contribution in [0.2, 0.25) is 5.02 Å². The standard InChI is InChI=1S/C16H11ClF3NO/c17-12-5-11-14(6-10(12)16(18,19)20)22-8-15(11)7-21-13-4-2-1-3-9(13)15/h1-6,21H,7-8H2. The Kier molecular flexibility index (Phi) is 2.70. The topological polar surface area (TPSA) is 21.3 Å². The second kappa shape index (κ2) is 4.32. The molecule has 2 heterocycles. The van der Waals surface area contributed by atoms with Gasteiger partial charge in [-0.05, 0) is 23.8 Å². The van der Waals surface area contributed by atoms with Crippen LogP contribution in [-0.4, -0.2) is 13.2 Å². The van der Waals surface area contributed by atoms with Gasteiger partial charge in [-0.3, -0.25) is 0 Å². The molecule has 0 fully saturated rings. The van der Waals surface area contributed by atoms with Gasteiger partial charge in [-0.2, -0.15) is 13.2 Å². The summed E-state index contributed by atoms with van der Waals surface area (Å²) in [5.74, 6) is 0.259. The third kappa shape index (κ3) is 1.75. The molecule has 6 heteroatoms. The van der Waals surface area contributed by atoms with E-state index in [2.05, 4.69) is 5.32 Å². The van der Waals surface area contributed by atoms with Crippen molar-refractivity contribution in [2.45, 2.75) is 11.6 Å². The summed E-state index contributed by atoms with van der Waals surface area (Å²) in [6.07, 6.45) is -4.49. The third-order valence-corrected chi connectivity index (χ3v) is 4.70. The van der Waals surface area contributed by atoms with Crippen molar-refractivity contribution < 1.29 is 17.9 Å². The largest absolute Gasteiger partial charge is 0.492 e. The molecule has 114 valence electrons. The lowest BCUT2D eigenvalue weighted by atomic mass is 9.77. The van der Waals surface area contributed by atoms with E-state index in [1.54, 1.807) is 0 Å². The molecule has 1 atom stereocenters. The van der Waals surface area contributed by atoms with Crippen LogP contribution >= 0.6 is 11.6 Å². The van der Waals surface area contributed by atoms with Crippen LogP contribution in [0.5, 0.6) is 5.75 Å². The van der Waals surface area contributed by atoms with Crippen molar-refractivity contribution in [1.29, 1.82) is 0 Å². The monoisotopic (exact) mass is 325 g/mol. The van der Waals surface area contributed by atoms with Crippen LogP contribution < -0.4 is 10.1 Å². The van der Waals surface area contributed by atoms with Gasteiger partial charge in [0.25, 0.3) is 0 Å². The first-order valence-corrected chi connectivity index (χ1v) is 7.17. The van der Waals surface area contributed by atoms with Gasteiger partial charge in [-0.15, -0.1) is 0 Å². The predicted octanol–water partition coefficient (Wildman–Crippen LogP) is 4.46. The van der Waals surface area contributed by atoms with Gasteiger partial charge in [0.05, 0.1) is 16.0 Å². The molecule has 1 unspecified atom stereocenters. The molecule has 2 aliphatic rings. The van der Waals surface area contributed by atoms with E-state index >= 15 is 0 Å². The Hall–Kier alpha value is -1.88. The van der Waals surface area contributed by atoms with Gasteiger partial charge < -0.3 is 10.1 Å². The lowest BCUT2D eigenvalue weighted by molar-refractivity contribution is -0.137. The van der Waals surface area contributed by atoms with Gasteiger partial charge in [-0.1, -0.05) is 29.8 Å². The maximum absolute atomic E-state index is 13.0. The molecular formula is C16H11ClF3NO. The maximum Gasteiger partial charge on any atom is 0.417 e. The number of nitrogens with one attached hydrogen (secondary N) is 1. The van der Waals surface area contributed by atoms with Gasteiger partial charge in [0.15, 0.2) is 0 Å². The number of ether oxygens (including phenoxy) is 1. The second-order valence-electron chi connectivity index (χ2n) is 5.60. The highest BCUT2D eigenvalue weighted by Crippen LogP contribution is 2.51. The highest BCUT2D eigenvalue weighted by molar-refractivity contribution is 6.31. The van der Waals surface area contributed by atoms with E-state index < -0.39 is 17.2 Å². The number of halogens is 4. The molecule has 4 rings (SSSR count).